The minimum Gasteiger partial charge on any atom is -0.460 e. The summed E-state index contributed by atoms with van der Waals surface area (Å²) in [5, 5.41) is 3.48. The number of aryl methyl sites for hydroxylation is 1. The van der Waals surface area contributed by atoms with E-state index in [0.29, 0.717) is 18.0 Å². The first-order chi connectivity index (χ1) is 9.04. The Kier molecular flexibility index (Phi) is 4.75. The van der Waals surface area contributed by atoms with Gasteiger partial charge in [-0.15, -0.1) is 0 Å². The number of hydrogen-bond acceptors (Lipinski definition) is 4. The lowest BCUT2D eigenvalue weighted by Gasteiger charge is -2.15. The van der Waals surface area contributed by atoms with E-state index in [2.05, 4.69) is 36.1 Å². The molecule has 0 aromatic carbocycles. The first kappa shape index (κ1) is 14.3. The van der Waals surface area contributed by atoms with Gasteiger partial charge in [0.05, 0.1) is 6.10 Å². The van der Waals surface area contributed by atoms with E-state index in [9.17, 15) is 0 Å². The Morgan fingerprint density at radius 3 is 2.68 bits per heavy atom. The highest BCUT2D eigenvalue weighted by Crippen LogP contribution is 2.20. The Balaban J connectivity index is 1.89. The fourth-order valence-electron chi connectivity index (χ4n) is 2.13. The van der Waals surface area contributed by atoms with Crippen molar-refractivity contribution in [2.24, 2.45) is 5.92 Å². The summed E-state index contributed by atoms with van der Waals surface area (Å²) in [6.07, 6.45) is 5.67. The third-order valence-electron chi connectivity index (χ3n) is 3.33. The van der Waals surface area contributed by atoms with Crippen molar-refractivity contribution in [1.82, 2.24) is 15.3 Å². The highest BCUT2D eigenvalue weighted by molar-refractivity contribution is 5.18. The maximum Gasteiger partial charge on any atom is 0.316 e. The predicted molar refractivity (Wildman–Crippen MR) is 76.2 cm³/mol. The van der Waals surface area contributed by atoms with Gasteiger partial charge in [-0.05, 0) is 39.0 Å². The van der Waals surface area contributed by atoms with Gasteiger partial charge in [0, 0.05) is 30.0 Å². The summed E-state index contributed by atoms with van der Waals surface area (Å²) < 4.78 is 5.76. The second-order valence-corrected chi connectivity index (χ2v) is 5.98. The zero-order valence-electron chi connectivity index (χ0n) is 12.4. The Morgan fingerprint density at radius 2 is 2.11 bits per heavy atom. The van der Waals surface area contributed by atoms with Gasteiger partial charge in [-0.25, -0.2) is 9.97 Å². The van der Waals surface area contributed by atoms with Crippen molar-refractivity contribution in [3.63, 3.8) is 0 Å². The Labute approximate surface area is 116 Å². The lowest BCUT2D eigenvalue weighted by atomic mass is 10.1. The third kappa shape index (κ3) is 4.78. The van der Waals surface area contributed by atoms with Crippen LogP contribution in [0.1, 0.15) is 51.3 Å². The van der Waals surface area contributed by atoms with Crippen LogP contribution in [0.5, 0.6) is 6.01 Å². The van der Waals surface area contributed by atoms with Crippen molar-refractivity contribution >= 4 is 0 Å². The molecule has 0 amide bonds. The van der Waals surface area contributed by atoms with Gasteiger partial charge >= 0.3 is 6.01 Å². The largest absolute Gasteiger partial charge is 0.460 e. The minimum absolute atomic E-state index is 0.162. The minimum atomic E-state index is 0.162. The van der Waals surface area contributed by atoms with Crippen LogP contribution in [0, 0.1) is 12.8 Å². The maximum atomic E-state index is 5.76. The molecule has 0 aliphatic heterocycles. The van der Waals surface area contributed by atoms with Crippen LogP contribution >= 0.6 is 0 Å². The second kappa shape index (κ2) is 6.33. The van der Waals surface area contributed by atoms with Crippen LogP contribution in [0.3, 0.4) is 0 Å². The fourth-order valence-corrected chi connectivity index (χ4v) is 2.13. The lowest BCUT2D eigenvalue weighted by molar-refractivity contribution is 0.177. The first-order valence-corrected chi connectivity index (χ1v) is 7.27. The lowest BCUT2D eigenvalue weighted by Crippen LogP contribution is -2.18. The number of ether oxygens (including phenoxy) is 1. The van der Waals surface area contributed by atoms with E-state index in [1.54, 1.807) is 0 Å². The molecule has 1 N–H and O–H groups in total. The molecule has 0 spiro atoms. The van der Waals surface area contributed by atoms with Crippen molar-refractivity contribution in [1.29, 1.82) is 0 Å². The van der Waals surface area contributed by atoms with Crippen LogP contribution in [-0.2, 0) is 6.54 Å². The van der Waals surface area contributed by atoms with Gasteiger partial charge in [-0.1, -0.05) is 13.8 Å². The first-order valence-electron chi connectivity index (χ1n) is 7.27. The Hall–Kier alpha value is -1.16. The molecular formula is C15H25N3O. The molecule has 1 fully saturated rings. The van der Waals surface area contributed by atoms with E-state index in [-0.39, 0.29) is 6.10 Å². The van der Waals surface area contributed by atoms with Crippen LogP contribution in [-0.4, -0.2) is 22.1 Å². The summed E-state index contributed by atoms with van der Waals surface area (Å²) in [5.74, 6) is 0.623. The normalized spacial score (nSPS) is 16.7. The second-order valence-electron chi connectivity index (χ2n) is 5.98. The molecule has 0 bridgehead atoms. The number of nitrogens with zero attached hydrogens (tertiary/aromatic N) is 2. The van der Waals surface area contributed by atoms with Gasteiger partial charge in [-0.3, -0.25) is 0 Å². The van der Waals surface area contributed by atoms with Crippen molar-refractivity contribution in [2.75, 3.05) is 0 Å². The quantitative estimate of drug-likeness (QED) is 0.821. The van der Waals surface area contributed by atoms with E-state index in [4.69, 9.17) is 4.74 Å². The molecule has 106 valence electrons. The van der Waals surface area contributed by atoms with Crippen LogP contribution in [0.15, 0.2) is 6.20 Å². The molecule has 1 atom stereocenters. The average molecular weight is 263 g/mol. The van der Waals surface area contributed by atoms with Gasteiger partial charge in [0.25, 0.3) is 0 Å². The van der Waals surface area contributed by atoms with Crippen molar-refractivity contribution < 1.29 is 4.74 Å². The Morgan fingerprint density at radius 1 is 1.37 bits per heavy atom. The van der Waals surface area contributed by atoms with Gasteiger partial charge in [-0.2, -0.15) is 0 Å². The summed E-state index contributed by atoms with van der Waals surface area (Å²) in [5.41, 5.74) is 2.17. The molecular weight excluding hydrogens is 238 g/mol. The van der Waals surface area contributed by atoms with Gasteiger partial charge in [0.1, 0.15) is 0 Å². The SMILES string of the molecule is Cc1nc(OC(C)CC(C)C)ncc1CNC1CC1. The molecule has 4 nitrogen and oxygen atoms in total. The van der Waals surface area contributed by atoms with Crippen molar-refractivity contribution in [2.45, 2.75) is 65.6 Å². The van der Waals surface area contributed by atoms with Crippen molar-refractivity contribution in [3.8, 4) is 6.01 Å². The molecule has 4 heteroatoms. The molecule has 1 unspecified atom stereocenters. The van der Waals surface area contributed by atoms with Crippen LogP contribution in [0.2, 0.25) is 0 Å². The van der Waals surface area contributed by atoms with Crippen LogP contribution in [0.4, 0.5) is 0 Å². The highest BCUT2D eigenvalue weighted by Gasteiger charge is 2.20. The third-order valence-corrected chi connectivity index (χ3v) is 3.33. The van der Waals surface area contributed by atoms with Crippen LogP contribution in [0.25, 0.3) is 0 Å². The number of rotatable bonds is 7. The number of nitrogens with one attached hydrogen (secondary N) is 1. The Bertz CT molecular complexity index is 416. The van der Waals surface area contributed by atoms with Crippen LogP contribution < -0.4 is 10.1 Å². The number of aromatic nitrogens is 2. The van der Waals surface area contributed by atoms with Gasteiger partial charge in [0.2, 0.25) is 0 Å². The summed E-state index contributed by atoms with van der Waals surface area (Å²) in [4.78, 5) is 8.76. The fraction of sp³-hybridized carbons (Fsp3) is 0.733. The molecule has 1 aromatic heterocycles. The standard InChI is InChI=1S/C15H25N3O/c1-10(2)7-11(3)19-15-17-9-13(12(4)18-15)8-16-14-5-6-14/h9-11,14,16H,5-8H2,1-4H3. The molecule has 0 radical (unpaired) electrons. The summed E-state index contributed by atoms with van der Waals surface area (Å²) in [7, 11) is 0. The van der Waals surface area contributed by atoms with E-state index in [1.165, 1.54) is 12.8 Å². The van der Waals surface area contributed by atoms with E-state index in [0.717, 1.165) is 24.2 Å². The molecule has 2 rings (SSSR count). The summed E-state index contributed by atoms with van der Waals surface area (Å²) >= 11 is 0. The topological polar surface area (TPSA) is 47.0 Å². The zero-order valence-corrected chi connectivity index (χ0v) is 12.4. The van der Waals surface area contributed by atoms with Gasteiger partial charge < -0.3 is 10.1 Å². The molecule has 19 heavy (non-hydrogen) atoms. The predicted octanol–water partition coefficient (Wildman–Crippen LogP) is 2.85. The smallest absolute Gasteiger partial charge is 0.316 e. The highest BCUT2D eigenvalue weighted by atomic mass is 16.5. The van der Waals surface area contributed by atoms with E-state index < -0.39 is 0 Å². The van der Waals surface area contributed by atoms with Crippen molar-refractivity contribution in [3.05, 3.63) is 17.5 Å². The molecule has 1 aromatic rings. The molecule has 1 saturated carbocycles. The summed E-state index contributed by atoms with van der Waals surface area (Å²) in [6.45, 7) is 9.34. The summed E-state index contributed by atoms with van der Waals surface area (Å²) in [6, 6.07) is 1.21. The maximum absolute atomic E-state index is 5.76. The molecule has 1 aliphatic carbocycles. The molecule has 0 saturated heterocycles. The number of hydrogen-bond donors (Lipinski definition) is 1. The van der Waals surface area contributed by atoms with E-state index >= 15 is 0 Å². The average Bonchev–Trinajstić information content (AvgIpc) is 3.10. The molecule has 1 heterocycles. The van der Waals surface area contributed by atoms with E-state index in [1.807, 2.05) is 13.1 Å². The monoisotopic (exact) mass is 263 g/mol. The molecule has 1 aliphatic rings. The van der Waals surface area contributed by atoms with Gasteiger partial charge in [0.15, 0.2) is 0 Å². The zero-order chi connectivity index (χ0) is 13.8.